The fraction of sp³-hybridized carbons (Fsp3) is 0.600. The lowest BCUT2D eigenvalue weighted by atomic mass is 9.79. The van der Waals surface area contributed by atoms with Crippen LogP contribution in [0.2, 0.25) is 10.0 Å². The van der Waals surface area contributed by atoms with Crippen molar-refractivity contribution in [1.29, 1.82) is 0 Å². The van der Waals surface area contributed by atoms with Gasteiger partial charge in [-0.2, -0.15) is 0 Å². The molecule has 0 unspecified atom stereocenters. The number of methoxy groups -OCH3 is 1. The van der Waals surface area contributed by atoms with Crippen molar-refractivity contribution in [3.05, 3.63) is 33.8 Å². The van der Waals surface area contributed by atoms with Gasteiger partial charge >= 0.3 is 0 Å². The number of nitrogens with zero attached hydrogens (tertiary/aromatic N) is 1. The van der Waals surface area contributed by atoms with Crippen LogP contribution in [0.5, 0.6) is 0 Å². The summed E-state index contributed by atoms with van der Waals surface area (Å²) in [5.41, 5.74) is 1.18. The molecule has 4 heteroatoms. The van der Waals surface area contributed by atoms with Gasteiger partial charge in [0.15, 0.2) is 0 Å². The summed E-state index contributed by atoms with van der Waals surface area (Å²) in [5.74, 6) is 0.463. The number of ether oxygens (including phenoxy) is 1. The van der Waals surface area contributed by atoms with Gasteiger partial charge in [0.2, 0.25) is 0 Å². The quantitative estimate of drug-likeness (QED) is 0.829. The average molecular weight is 302 g/mol. The van der Waals surface area contributed by atoms with Gasteiger partial charge in [-0.25, -0.2) is 0 Å². The Morgan fingerprint density at radius 2 is 1.95 bits per heavy atom. The number of likely N-dealkylation sites (N-methyl/N-ethyl adjacent to an activating group) is 1. The maximum atomic E-state index is 6.32. The van der Waals surface area contributed by atoms with Crippen LogP contribution in [0, 0.1) is 0 Å². The monoisotopic (exact) mass is 301 g/mol. The van der Waals surface area contributed by atoms with Gasteiger partial charge in [-0.15, -0.1) is 0 Å². The molecule has 1 aliphatic carbocycles. The van der Waals surface area contributed by atoms with Gasteiger partial charge in [0, 0.05) is 23.2 Å². The molecule has 19 heavy (non-hydrogen) atoms. The highest BCUT2D eigenvalue weighted by molar-refractivity contribution is 6.33. The molecule has 0 amide bonds. The number of hydrogen-bond donors (Lipinski definition) is 0. The molecule has 1 saturated carbocycles. The van der Waals surface area contributed by atoms with Crippen molar-refractivity contribution in [2.45, 2.75) is 37.3 Å². The topological polar surface area (TPSA) is 12.5 Å². The van der Waals surface area contributed by atoms with Gasteiger partial charge in [-0.3, -0.25) is 0 Å². The second-order valence-electron chi connectivity index (χ2n) is 5.48. The SMILES string of the molecule is CO[C@H]1CC[C@H](c2cc(Cl)ccc2Cl)C[C@@H]1N(C)C. The van der Waals surface area contributed by atoms with Crippen molar-refractivity contribution in [2.75, 3.05) is 21.2 Å². The lowest BCUT2D eigenvalue weighted by Crippen LogP contribution is -2.44. The van der Waals surface area contributed by atoms with E-state index in [0.717, 1.165) is 29.3 Å². The normalized spacial score (nSPS) is 27.8. The first kappa shape index (κ1) is 15.1. The van der Waals surface area contributed by atoms with Crippen LogP contribution in [0.4, 0.5) is 0 Å². The molecular weight excluding hydrogens is 281 g/mol. The van der Waals surface area contributed by atoms with Crippen LogP contribution >= 0.6 is 23.2 Å². The van der Waals surface area contributed by atoms with E-state index >= 15 is 0 Å². The second-order valence-corrected chi connectivity index (χ2v) is 6.32. The van der Waals surface area contributed by atoms with E-state index in [4.69, 9.17) is 27.9 Å². The predicted molar refractivity (Wildman–Crippen MR) is 81.3 cm³/mol. The minimum atomic E-state index is 0.309. The highest BCUT2D eigenvalue weighted by atomic mass is 35.5. The third-order valence-electron chi connectivity index (χ3n) is 4.12. The lowest BCUT2D eigenvalue weighted by Gasteiger charge is -2.39. The Hall–Kier alpha value is -0.280. The van der Waals surface area contributed by atoms with E-state index in [1.807, 2.05) is 18.2 Å². The summed E-state index contributed by atoms with van der Waals surface area (Å²) < 4.78 is 5.60. The minimum absolute atomic E-state index is 0.309. The number of rotatable bonds is 3. The van der Waals surface area contributed by atoms with Gasteiger partial charge in [-0.05, 0) is 63.0 Å². The fourth-order valence-electron chi connectivity index (χ4n) is 3.05. The van der Waals surface area contributed by atoms with Gasteiger partial charge < -0.3 is 9.64 Å². The molecule has 1 fully saturated rings. The number of benzene rings is 1. The molecule has 0 saturated heterocycles. The highest BCUT2D eigenvalue weighted by Gasteiger charge is 2.33. The van der Waals surface area contributed by atoms with Gasteiger partial charge in [0.25, 0.3) is 0 Å². The Labute approximate surface area is 125 Å². The maximum Gasteiger partial charge on any atom is 0.0726 e. The molecular formula is C15H21Cl2NO. The van der Waals surface area contributed by atoms with E-state index in [9.17, 15) is 0 Å². The molecule has 106 valence electrons. The van der Waals surface area contributed by atoms with E-state index in [2.05, 4.69) is 19.0 Å². The molecule has 1 aromatic rings. The van der Waals surface area contributed by atoms with Crippen molar-refractivity contribution in [2.24, 2.45) is 0 Å². The van der Waals surface area contributed by atoms with Crippen molar-refractivity contribution in [3.63, 3.8) is 0 Å². The third kappa shape index (κ3) is 3.43. The molecule has 1 aromatic carbocycles. The molecule has 0 bridgehead atoms. The van der Waals surface area contributed by atoms with Crippen molar-refractivity contribution in [3.8, 4) is 0 Å². The molecule has 1 aliphatic rings. The molecule has 3 atom stereocenters. The summed E-state index contributed by atoms with van der Waals surface area (Å²) in [4.78, 5) is 2.25. The summed E-state index contributed by atoms with van der Waals surface area (Å²) in [7, 11) is 6.02. The predicted octanol–water partition coefficient (Wildman–Crippen LogP) is 4.21. The summed E-state index contributed by atoms with van der Waals surface area (Å²) in [6.07, 6.45) is 3.53. The largest absolute Gasteiger partial charge is 0.380 e. The van der Waals surface area contributed by atoms with Crippen LogP contribution < -0.4 is 0 Å². The summed E-state index contributed by atoms with van der Waals surface area (Å²) in [6.45, 7) is 0. The number of hydrogen-bond acceptors (Lipinski definition) is 2. The van der Waals surface area contributed by atoms with Crippen LogP contribution in [-0.4, -0.2) is 38.3 Å². The Balaban J connectivity index is 2.20. The van der Waals surface area contributed by atoms with Crippen molar-refractivity contribution in [1.82, 2.24) is 4.90 Å². The van der Waals surface area contributed by atoms with Crippen LogP contribution in [0.1, 0.15) is 30.7 Å². The first-order valence-corrected chi connectivity index (χ1v) is 7.42. The first-order valence-electron chi connectivity index (χ1n) is 6.67. The van der Waals surface area contributed by atoms with Gasteiger partial charge in [-0.1, -0.05) is 23.2 Å². The zero-order valence-electron chi connectivity index (χ0n) is 11.7. The summed E-state index contributed by atoms with van der Waals surface area (Å²) >= 11 is 12.4. The molecule has 0 aromatic heterocycles. The van der Waals surface area contributed by atoms with Crippen LogP contribution in [-0.2, 0) is 4.74 Å². The Kier molecular flexibility index (Phi) is 5.13. The maximum absolute atomic E-state index is 6.32. The summed E-state index contributed by atoms with van der Waals surface area (Å²) in [5, 5.41) is 1.58. The molecule has 0 radical (unpaired) electrons. The first-order chi connectivity index (χ1) is 9.02. The Morgan fingerprint density at radius 3 is 2.58 bits per heavy atom. The van der Waals surface area contributed by atoms with E-state index in [1.54, 1.807) is 7.11 Å². The third-order valence-corrected chi connectivity index (χ3v) is 4.70. The molecule has 0 N–H and O–H groups in total. The highest BCUT2D eigenvalue weighted by Crippen LogP contribution is 2.39. The van der Waals surface area contributed by atoms with Crippen LogP contribution in [0.15, 0.2) is 18.2 Å². The van der Waals surface area contributed by atoms with Gasteiger partial charge in [0.05, 0.1) is 6.10 Å². The van der Waals surface area contributed by atoms with Gasteiger partial charge in [0.1, 0.15) is 0 Å². The molecule has 2 rings (SSSR count). The average Bonchev–Trinajstić information content (AvgIpc) is 2.40. The smallest absolute Gasteiger partial charge is 0.0726 e. The second kappa shape index (κ2) is 6.45. The van der Waals surface area contributed by atoms with E-state index in [-0.39, 0.29) is 0 Å². The standard InChI is InChI=1S/C15H21Cl2NO/c1-18(2)14-8-10(4-7-15(14)19-3)12-9-11(16)5-6-13(12)17/h5-6,9-10,14-15H,4,7-8H2,1-3H3/t10-,14-,15-/m0/s1. The molecule has 0 spiro atoms. The Morgan fingerprint density at radius 1 is 1.21 bits per heavy atom. The van der Waals surface area contributed by atoms with E-state index in [0.29, 0.717) is 18.1 Å². The zero-order valence-corrected chi connectivity index (χ0v) is 13.2. The van der Waals surface area contributed by atoms with Crippen molar-refractivity contribution >= 4 is 23.2 Å². The lowest BCUT2D eigenvalue weighted by molar-refractivity contribution is 0.000916. The zero-order chi connectivity index (χ0) is 14.0. The van der Waals surface area contributed by atoms with Crippen LogP contribution in [0.3, 0.4) is 0 Å². The fourth-order valence-corrected chi connectivity index (χ4v) is 3.50. The Bertz CT molecular complexity index is 436. The minimum Gasteiger partial charge on any atom is -0.380 e. The molecule has 0 heterocycles. The molecule has 0 aliphatic heterocycles. The summed E-state index contributed by atoms with van der Waals surface area (Å²) in [6, 6.07) is 6.18. The van der Waals surface area contributed by atoms with E-state index < -0.39 is 0 Å². The van der Waals surface area contributed by atoms with Crippen molar-refractivity contribution < 1.29 is 4.74 Å². The number of halogens is 2. The van der Waals surface area contributed by atoms with E-state index in [1.165, 1.54) is 5.56 Å². The van der Waals surface area contributed by atoms with Crippen LogP contribution in [0.25, 0.3) is 0 Å². The molecule has 2 nitrogen and oxygen atoms in total.